The second-order valence-electron chi connectivity index (χ2n) is 6.69. The summed E-state index contributed by atoms with van der Waals surface area (Å²) in [6, 6.07) is 19.6. The number of hydrogen-bond donors (Lipinski definition) is 0. The lowest BCUT2D eigenvalue weighted by molar-refractivity contribution is -0.0270. The zero-order chi connectivity index (χ0) is 16.4. The summed E-state index contributed by atoms with van der Waals surface area (Å²) in [6.07, 6.45) is 5.03. The second-order valence-corrected chi connectivity index (χ2v) is 6.69. The van der Waals surface area contributed by atoms with Gasteiger partial charge < -0.3 is 9.64 Å². The number of esters is 1. The van der Waals surface area contributed by atoms with Gasteiger partial charge in [0.25, 0.3) is 0 Å². The first-order valence-electron chi connectivity index (χ1n) is 8.53. The highest BCUT2D eigenvalue weighted by Crippen LogP contribution is 2.41. The summed E-state index contributed by atoms with van der Waals surface area (Å²) >= 11 is 0. The fourth-order valence-corrected chi connectivity index (χ4v) is 3.76. The average Bonchev–Trinajstić information content (AvgIpc) is 2.86. The molecule has 2 aromatic rings. The number of fused-ring (bicyclic) bond motifs is 2. The predicted molar refractivity (Wildman–Crippen MR) is 94.4 cm³/mol. The lowest BCUT2D eigenvalue weighted by Gasteiger charge is -2.33. The molecule has 2 aliphatic heterocycles. The minimum absolute atomic E-state index is 0.210. The maximum absolute atomic E-state index is 12.5. The molecule has 2 heterocycles. The molecule has 24 heavy (non-hydrogen) atoms. The molecule has 122 valence electrons. The molecule has 2 fully saturated rings. The third kappa shape index (κ3) is 2.94. The SMILES string of the molecule is O=C(OC12CCCN(C1)/C(=C/c1ccccc1)C2)c1ccccc1. The van der Waals surface area contributed by atoms with E-state index in [2.05, 4.69) is 23.1 Å². The van der Waals surface area contributed by atoms with Gasteiger partial charge >= 0.3 is 5.97 Å². The molecule has 1 atom stereocenters. The topological polar surface area (TPSA) is 29.5 Å². The molecule has 3 nitrogen and oxygen atoms in total. The molecule has 4 rings (SSSR count). The summed E-state index contributed by atoms with van der Waals surface area (Å²) < 4.78 is 6.00. The Kier molecular flexibility index (Phi) is 3.85. The van der Waals surface area contributed by atoms with Crippen molar-refractivity contribution in [3.8, 4) is 0 Å². The van der Waals surface area contributed by atoms with Crippen molar-refractivity contribution < 1.29 is 9.53 Å². The molecule has 2 aliphatic rings. The van der Waals surface area contributed by atoms with E-state index in [1.807, 2.05) is 48.5 Å². The van der Waals surface area contributed by atoms with Crippen molar-refractivity contribution in [1.29, 1.82) is 0 Å². The summed E-state index contributed by atoms with van der Waals surface area (Å²) in [6.45, 7) is 1.85. The molecular formula is C21H21NO2. The van der Waals surface area contributed by atoms with E-state index >= 15 is 0 Å². The van der Waals surface area contributed by atoms with Gasteiger partial charge in [-0.1, -0.05) is 48.5 Å². The van der Waals surface area contributed by atoms with Crippen molar-refractivity contribution in [3.63, 3.8) is 0 Å². The van der Waals surface area contributed by atoms with Gasteiger partial charge in [0.2, 0.25) is 0 Å². The van der Waals surface area contributed by atoms with Gasteiger partial charge in [0.05, 0.1) is 12.1 Å². The van der Waals surface area contributed by atoms with Crippen LogP contribution < -0.4 is 0 Å². The molecule has 0 aliphatic carbocycles. The Morgan fingerprint density at radius 3 is 2.50 bits per heavy atom. The summed E-state index contributed by atoms with van der Waals surface area (Å²) in [4.78, 5) is 14.9. The van der Waals surface area contributed by atoms with Gasteiger partial charge in [0.15, 0.2) is 0 Å². The number of hydrogen-bond acceptors (Lipinski definition) is 3. The van der Waals surface area contributed by atoms with Crippen LogP contribution in [0.5, 0.6) is 0 Å². The van der Waals surface area contributed by atoms with E-state index in [-0.39, 0.29) is 11.6 Å². The van der Waals surface area contributed by atoms with Crippen LogP contribution in [0, 0.1) is 0 Å². The quantitative estimate of drug-likeness (QED) is 0.797. The predicted octanol–water partition coefficient (Wildman–Crippen LogP) is 4.12. The molecule has 2 bridgehead atoms. The third-order valence-corrected chi connectivity index (χ3v) is 4.90. The largest absolute Gasteiger partial charge is 0.453 e. The minimum atomic E-state index is -0.369. The summed E-state index contributed by atoms with van der Waals surface area (Å²) in [5, 5.41) is 0. The van der Waals surface area contributed by atoms with Crippen LogP contribution in [0.15, 0.2) is 66.4 Å². The fraction of sp³-hybridized carbons (Fsp3) is 0.286. The highest BCUT2D eigenvalue weighted by molar-refractivity contribution is 5.89. The van der Waals surface area contributed by atoms with Crippen LogP contribution >= 0.6 is 0 Å². The normalized spacial score (nSPS) is 24.2. The van der Waals surface area contributed by atoms with Gasteiger partial charge in [-0.05, 0) is 36.6 Å². The monoisotopic (exact) mass is 319 g/mol. The van der Waals surface area contributed by atoms with Crippen molar-refractivity contribution in [2.45, 2.75) is 24.9 Å². The average molecular weight is 319 g/mol. The molecule has 0 aromatic heterocycles. The second kappa shape index (κ2) is 6.16. The van der Waals surface area contributed by atoms with Crippen molar-refractivity contribution in [1.82, 2.24) is 4.90 Å². The molecule has 0 amide bonds. The zero-order valence-corrected chi connectivity index (χ0v) is 13.7. The number of benzene rings is 2. The molecular weight excluding hydrogens is 298 g/mol. The molecule has 0 radical (unpaired) electrons. The van der Waals surface area contributed by atoms with E-state index in [9.17, 15) is 4.79 Å². The van der Waals surface area contributed by atoms with Gasteiger partial charge in [-0.2, -0.15) is 0 Å². The van der Waals surface area contributed by atoms with Crippen molar-refractivity contribution in [2.24, 2.45) is 0 Å². The fourth-order valence-electron chi connectivity index (χ4n) is 3.76. The van der Waals surface area contributed by atoms with Crippen LogP contribution in [-0.2, 0) is 4.74 Å². The Bertz CT molecular complexity index is 754. The maximum Gasteiger partial charge on any atom is 0.338 e. The van der Waals surface area contributed by atoms with Gasteiger partial charge in [-0.25, -0.2) is 4.79 Å². The van der Waals surface area contributed by atoms with E-state index in [0.29, 0.717) is 5.56 Å². The van der Waals surface area contributed by atoms with E-state index < -0.39 is 0 Å². The summed E-state index contributed by atoms with van der Waals surface area (Å²) in [7, 11) is 0. The Morgan fingerprint density at radius 2 is 1.75 bits per heavy atom. The van der Waals surface area contributed by atoms with Crippen LogP contribution in [0.1, 0.15) is 35.2 Å². The highest BCUT2D eigenvalue weighted by Gasteiger charge is 2.46. The minimum Gasteiger partial charge on any atom is -0.453 e. The van der Waals surface area contributed by atoms with Crippen molar-refractivity contribution in [2.75, 3.05) is 13.1 Å². The van der Waals surface area contributed by atoms with Crippen LogP contribution in [0.4, 0.5) is 0 Å². The lowest BCUT2D eigenvalue weighted by Crippen LogP contribution is -2.42. The van der Waals surface area contributed by atoms with E-state index in [1.165, 1.54) is 11.3 Å². The Morgan fingerprint density at radius 1 is 1.04 bits per heavy atom. The lowest BCUT2D eigenvalue weighted by atomic mass is 9.94. The Balaban J connectivity index is 1.55. The highest BCUT2D eigenvalue weighted by atomic mass is 16.6. The molecule has 2 saturated heterocycles. The first-order chi connectivity index (χ1) is 11.7. The van der Waals surface area contributed by atoms with Crippen molar-refractivity contribution >= 4 is 12.0 Å². The van der Waals surface area contributed by atoms with Gasteiger partial charge in [-0.3, -0.25) is 0 Å². The van der Waals surface area contributed by atoms with Crippen LogP contribution in [0.25, 0.3) is 6.08 Å². The number of nitrogens with zero attached hydrogens (tertiary/aromatic N) is 1. The van der Waals surface area contributed by atoms with Gasteiger partial charge in [0, 0.05) is 18.7 Å². The number of rotatable bonds is 3. The first-order valence-corrected chi connectivity index (χ1v) is 8.53. The van der Waals surface area contributed by atoms with Gasteiger partial charge in [0.1, 0.15) is 5.60 Å². The number of carbonyl (C=O) groups excluding carboxylic acids is 1. The zero-order valence-electron chi connectivity index (χ0n) is 13.7. The standard InChI is InChI=1S/C21H21NO2/c23-20(18-10-5-2-6-11-18)24-21-12-7-13-22(16-21)19(15-21)14-17-8-3-1-4-9-17/h1-6,8-11,14H,7,12-13,15-16H2/b19-14+. The van der Waals surface area contributed by atoms with E-state index in [4.69, 9.17) is 4.74 Å². The number of piperidine rings is 1. The van der Waals surface area contributed by atoms with Crippen LogP contribution in [0.2, 0.25) is 0 Å². The van der Waals surface area contributed by atoms with E-state index in [0.717, 1.165) is 32.4 Å². The van der Waals surface area contributed by atoms with Crippen LogP contribution in [-0.4, -0.2) is 29.6 Å². The van der Waals surface area contributed by atoms with Gasteiger partial charge in [-0.15, -0.1) is 0 Å². The first kappa shape index (κ1) is 15.0. The molecule has 0 N–H and O–H groups in total. The smallest absolute Gasteiger partial charge is 0.338 e. The third-order valence-electron chi connectivity index (χ3n) is 4.90. The number of carbonyl (C=O) groups is 1. The maximum atomic E-state index is 12.5. The Labute approximate surface area is 142 Å². The summed E-state index contributed by atoms with van der Waals surface area (Å²) in [5.74, 6) is -0.210. The summed E-state index contributed by atoms with van der Waals surface area (Å²) in [5.41, 5.74) is 2.74. The van der Waals surface area contributed by atoms with Crippen molar-refractivity contribution in [3.05, 3.63) is 77.5 Å². The molecule has 3 heteroatoms. The van der Waals surface area contributed by atoms with Crippen LogP contribution in [0.3, 0.4) is 0 Å². The Hall–Kier alpha value is -2.55. The van der Waals surface area contributed by atoms with E-state index in [1.54, 1.807) is 0 Å². The molecule has 0 spiro atoms. The molecule has 0 saturated carbocycles. The number of ether oxygens (including phenoxy) is 1. The molecule has 1 unspecified atom stereocenters. The molecule has 2 aromatic carbocycles.